The van der Waals surface area contributed by atoms with Gasteiger partial charge in [-0.25, -0.2) is 0 Å². The van der Waals surface area contributed by atoms with Crippen molar-refractivity contribution in [1.82, 2.24) is 0 Å². The van der Waals surface area contributed by atoms with E-state index in [4.69, 9.17) is 9.47 Å². The summed E-state index contributed by atoms with van der Waals surface area (Å²) >= 11 is 0. The van der Waals surface area contributed by atoms with Crippen molar-refractivity contribution in [3.05, 3.63) is 0 Å². The number of ketones is 1. The smallest absolute Gasteiger partial charge is 0.157 e. The highest BCUT2D eigenvalue weighted by molar-refractivity contribution is 5.83. The second-order valence-corrected chi connectivity index (χ2v) is 4.98. The van der Waals surface area contributed by atoms with Gasteiger partial charge in [-0.3, -0.25) is 4.79 Å². The summed E-state index contributed by atoms with van der Waals surface area (Å²) in [4.78, 5) is 11.7. The van der Waals surface area contributed by atoms with E-state index in [2.05, 4.69) is 13.8 Å². The molecule has 0 aromatic heterocycles. The number of carbonyl (C=O) groups is 1. The fraction of sp³-hybridized carbons (Fsp3) is 0.917. The fourth-order valence-electron chi connectivity index (χ4n) is 1.70. The van der Waals surface area contributed by atoms with Crippen molar-refractivity contribution in [1.29, 1.82) is 0 Å². The number of rotatable bonds is 4. The third-order valence-electron chi connectivity index (χ3n) is 2.60. The summed E-state index contributed by atoms with van der Waals surface area (Å²) in [7, 11) is 0. The van der Waals surface area contributed by atoms with Gasteiger partial charge in [0.15, 0.2) is 6.29 Å². The van der Waals surface area contributed by atoms with Crippen LogP contribution in [-0.4, -0.2) is 25.3 Å². The van der Waals surface area contributed by atoms with Crippen molar-refractivity contribution >= 4 is 5.78 Å². The number of hydrogen-bond acceptors (Lipinski definition) is 3. The third kappa shape index (κ3) is 3.92. The van der Waals surface area contributed by atoms with Gasteiger partial charge in [-0.15, -0.1) is 0 Å². The van der Waals surface area contributed by atoms with Gasteiger partial charge in [0.25, 0.3) is 0 Å². The lowest BCUT2D eigenvalue weighted by molar-refractivity contribution is -0.207. The van der Waals surface area contributed by atoms with Crippen molar-refractivity contribution in [2.24, 2.45) is 17.8 Å². The second kappa shape index (κ2) is 5.61. The van der Waals surface area contributed by atoms with E-state index < -0.39 is 0 Å². The van der Waals surface area contributed by atoms with Crippen LogP contribution in [0.25, 0.3) is 0 Å². The van der Waals surface area contributed by atoms with Crippen molar-refractivity contribution in [3.63, 3.8) is 0 Å². The summed E-state index contributed by atoms with van der Waals surface area (Å²) in [5, 5.41) is 0. The van der Waals surface area contributed by atoms with Crippen LogP contribution in [0.5, 0.6) is 0 Å². The topological polar surface area (TPSA) is 35.5 Å². The van der Waals surface area contributed by atoms with Crippen LogP contribution in [0.1, 0.15) is 34.1 Å². The second-order valence-electron chi connectivity index (χ2n) is 4.98. The molecule has 1 saturated heterocycles. The lowest BCUT2D eigenvalue weighted by atomic mass is 9.96. The Morgan fingerprint density at radius 1 is 1.20 bits per heavy atom. The highest BCUT2D eigenvalue weighted by Gasteiger charge is 2.28. The molecule has 1 fully saturated rings. The molecule has 0 N–H and O–H groups in total. The predicted octanol–water partition coefficient (Wildman–Crippen LogP) is 2.25. The maximum Gasteiger partial charge on any atom is 0.157 e. The van der Waals surface area contributed by atoms with Crippen LogP contribution < -0.4 is 0 Å². The number of hydrogen-bond donors (Lipinski definition) is 0. The van der Waals surface area contributed by atoms with Gasteiger partial charge >= 0.3 is 0 Å². The Morgan fingerprint density at radius 3 is 2.13 bits per heavy atom. The molecule has 1 rings (SSSR count). The average Bonchev–Trinajstić information content (AvgIpc) is 2.17. The fourth-order valence-corrected chi connectivity index (χ4v) is 1.70. The monoisotopic (exact) mass is 214 g/mol. The quantitative estimate of drug-likeness (QED) is 0.720. The Labute approximate surface area is 92.1 Å². The van der Waals surface area contributed by atoms with Gasteiger partial charge in [-0.1, -0.05) is 27.7 Å². The maximum absolute atomic E-state index is 11.7. The van der Waals surface area contributed by atoms with Gasteiger partial charge in [0.05, 0.1) is 19.1 Å². The molecule has 0 bridgehead atoms. The van der Waals surface area contributed by atoms with Crippen molar-refractivity contribution in [2.75, 3.05) is 13.2 Å². The van der Waals surface area contributed by atoms with Gasteiger partial charge in [-0.05, 0) is 5.92 Å². The largest absolute Gasteiger partial charge is 0.352 e. The molecular weight excluding hydrogens is 192 g/mol. The molecule has 3 heteroatoms. The lowest BCUT2D eigenvalue weighted by Gasteiger charge is -2.30. The summed E-state index contributed by atoms with van der Waals surface area (Å²) in [6.45, 7) is 9.16. The minimum absolute atomic E-state index is 0.0617. The zero-order chi connectivity index (χ0) is 11.4. The Morgan fingerprint density at radius 2 is 1.73 bits per heavy atom. The zero-order valence-corrected chi connectivity index (χ0v) is 10.2. The first kappa shape index (κ1) is 12.7. The lowest BCUT2D eigenvalue weighted by Crippen LogP contribution is -2.38. The van der Waals surface area contributed by atoms with E-state index >= 15 is 0 Å². The van der Waals surface area contributed by atoms with E-state index in [0.29, 0.717) is 19.1 Å². The molecule has 1 aliphatic rings. The minimum atomic E-state index is -0.110. The van der Waals surface area contributed by atoms with Crippen LogP contribution in [0, 0.1) is 17.8 Å². The molecule has 1 aliphatic heterocycles. The molecule has 88 valence electrons. The predicted molar refractivity (Wildman–Crippen MR) is 58.5 cm³/mol. The SMILES string of the molecule is CC(C)CC1OCC(C(=O)C(C)C)CO1. The van der Waals surface area contributed by atoms with Crippen LogP contribution in [0.3, 0.4) is 0 Å². The molecule has 0 unspecified atom stereocenters. The van der Waals surface area contributed by atoms with Crippen LogP contribution in [0.15, 0.2) is 0 Å². The average molecular weight is 214 g/mol. The van der Waals surface area contributed by atoms with Gasteiger partial charge in [0.2, 0.25) is 0 Å². The summed E-state index contributed by atoms with van der Waals surface area (Å²) in [6, 6.07) is 0. The molecule has 0 saturated carbocycles. The third-order valence-corrected chi connectivity index (χ3v) is 2.60. The summed E-state index contributed by atoms with van der Waals surface area (Å²) in [5.41, 5.74) is 0. The van der Waals surface area contributed by atoms with Gasteiger partial charge < -0.3 is 9.47 Å². The molecule has 15 heavy (non-hydrogen) atoms. The first-order valence-electron chi connectivity index (χ1n) is 5.77. The molecule has 3 nitrogen and oxygen atoms in total. The van der Waals surface area contributed by atoms with E-state index in [9.17, 15) is 4.79 Å². The Bertz CT molecular complexity index is 203. The van der Waals surface area contributed by atoms with Crippen LogP contribution >= 0.6 is 0 Å². The van der Waals surface area contributed by atoms with Gasteiger partial charge in [0.1, 0.15) is 5.78 Å². The number of ether oxygens (including phenoxy) is 2. The van der Waals surface area contributed by atoms with Crippen LogP contribution in [0.4, 0.5) is 0 Å². The van der Waals surface area contributed by atoms with E-state index in [1.165, 1.54) is 0 Å². The zero-order valence-electron chi connectivity index (χ0n) is 10.2. The minimum Gasteiger partial charge on any atom is -0.352 e. The van der Waals surface area contributed by atoms with E-state index in [1.807, 2.05) is 13.8 Å². The van der Waals surface area contributed by atoms with Crippen molar-refractivity contribution < 1.29 is 14.3 Å². The van der Waals surface area contributed by atoms with Gasteiger partial charge in [-0.2, -0.15) is 0 Å². The molecule has 1 heterocycles. The molecule has 0 amide bonds. The summed E-state index contributed by atoms with van der Waals surface area (Å²) < 4.78 is 11.1. The molecule has 0 aliphatic carbocycles. The molecule has 0 radical (unpaired) electrons. The summed E-state index contributed by atoms with van der Waals surface area (Å²) in [6.07, 6.45) is 0.795. The summed E-state index contributed by atoms with van der Waals surface area (Å²) in [5.74, 6) is 0.822. The molecule has 0 atom stereocenters. The number of Topliss-reactive ketones (excluding diaryl/α,β-unsaturated/α-hetero) is 1. The van der Waals surface area contributed by atoms with Crippen molar-refractivity contribution in [2.45, 2.75) is 40.4 Å². The van der Waals surface area contributed by atoms with Crippen LogP contribution in [-0.2, 0) is 14.3 Å². The van der Waals surface area contributed by atoms with Crippen molar-refractivity contribution in [3.8, 4) is 0 Å². The first-order valence-corrected chi connectivity index (χ1v) is 5.77. The first-order chi connectivity index (χ1) is 7.00. The van der Waals surface area contributed by atoms with E-state index in [1.54, 1.807) is 0 Å². The Kier molecular flexibility index (Phi) is 4.74. The Hall–Kier alpha value is -0.410. The van der Waals surface area contributed by atoms with Crippen LogP contribution in [0.2, 0.25) is 0 Å². The normalized spacial score (nSPS) is 27.3. The molecule has 0 aromatic rings. The molecular formula is C12H22O3. The maximum atomic E-state index is 11.7. The molecule has 0 spiro atoms. The van der Waals surface area contributed by atoms with E-state index in [-0.39, 0.29) is 23.9 Å². The highest BCUT2D eigenvalue weighted by Crippen LogP contribution is 2.19. The van der Waals surface area contributed by atoms with Gasteiger partial charge in [0, 0.05) is 12.3 Å². The standard InChI is InChI=1S/C12H22O3/c1-8(2)5-11-14-6-10(7-15-11)12(13)9(3)4/h8-11H,5-7H2,1-4H3. The highest BCUT2D eigenvalue weighted by atomic mass is 16.7. The Balaban J connectivity index is 2.32. The number of carbonyl (C=O) groups excluding carboxylic acids is 1. The van der Waals surface area contributed by atoms with E-state index in [0.717, 1.165) is 6.42 Å². The molecule has 0 aromatic carbocycles.